The van der Waals surface area contributed by atoms with Crippen LogP contribution in [-0.4, -0.2) is 6.16 Å². The van der Waals surface area contributed by atoms with Crippen LogP contribution in [-0.2, 0) is 0 Å². The predicted molar refractivity (Wildman–Crippen MR) is 168 cm³/mol. The van der Waals surface area contributed by atoms with Crippen molar-refractivity contribution >= 4 is 42.7 Å². The fourth-order valence-corrected chi connectivity index (χ4v) is 7.07. The van der Waals surface area contributed by atoms with Gasteiger partial charge in [0.2, 0.25) is 0 Å². The van der Waals surface area contributed by atoms with Crippen LogP contribution in [0, 0.1) is 0 Å². The first kappa shape index (κ1) is 23.2. The Morgan fingerprint density at radius 1 is 0.500 bits per heavy atom. The lowest BCUT2D eigenvalue weighted by Crippen LogP contribution is -2.31. The molecule has 0 N–H and O–H groups in total. The quantitative estimate of drug-likeness (QED) is 0.215. The molecule has 0 bridgehead atoms. The third-order valence-corrected chi connectivity index (χ3v) is 8.74. The Bertz CT molecular complexity index is 1830. The van der Waals surface area contributed by atoms with Crippen LogP contribution >= 0.6 is 8.58 Å². The second-order valence-electron chi connectivity index (χ2n) is 10.0. The molecule has 0 fully saturated rings. The third kappa shape index (κ3) is 4.07. The summed E-state index contributed by atoms with van der Waals surface area (Å²) in [5, 5.41) is 5.42. The van der Waals surface area contributed by atoms with Gasteiger partial charge >= 0.3 is 0 Å². The van der Waals surface area contributed by atoms with E-state index in [1.165, 1.54) is 65.7 Å². The maximum Gasteiger partial charge on any atom is -0.00295 e. The predicted octanol–water partition coefficient (Wildman–Crippen LogP) is 8.65. The van der Waals surface area contributed by atoms with Crippen molar-refractivity contribution in [2.75, 3.05) is 6.16 Å². The van der Waals surface area contributed by atoms with Crippen LogP contribution in [0.2, 0.25) is 0 Å². The summed E-state index contributed by atoms with van der Waals surface area (Å²) in [6.45, 7) is 0. The van der Waals surface area contributed by atoms with Crippen molar-refractivity contribution in [2.45, 2.75) is 12.8 Å². The molecule has 0 saturated heterocycles. The summed E-state index contributed by atoms with van der Waals surface area (Å²) >= 11 is 0. The third-order valence-electron chi connectivity index (χ3n) is 7.78. The highest BCUT2D eigenvalue weighted by Gasteiger charge is 2.18. The molecule has 2 aliphatic rings. The fraction of sp³-hybridized carbons (Fsp3) is 0.0811. The van der Waals surface area contributed by atoms with Gasteiger partial charge in [0.1, 0.15) is 0 Å². The van der Waals surface area contributed by atoms with E-state index in [0.717, 1.165) is 27.6 Å². The number of benzene rings is 5. The van der Waals surface area contributed by atoms with Crippen molar-refractivity contribution < 1.29 is 0 Å². The molecule has 0 radical (unpaired) electrons. The SMILES string of the molecule is C1=CC(c2ccc3c(-c4ccccc4)c4c(c(-c5ccccc5)c3c2)=CCCC=4)=C(c2ccccc2)CP1. The Morgan fingerprint density at radius 2 is 1.05 bits per heavy atom. The maximum atomic E-state index is 2.46. The Hall–Kier alpha value is -3.99. The van der Waals surface area contributed by atoms with E-state index in [9.17, 15) is 0 Å². The van der Waals surface area contributed by atoms with E-state index < -0.39 is 0 Å². The average Bonchev–Trinajstić information content (AvgIpc) is 3.01. The van der Waals surface area contributed by atoms with Gasteiger partial charge < -0.3 is 0 Å². The monoisotopic (exact) mass is 504 g/mol. The molecule has 0 saturated carbocycles. The van der Waals surface area contributed by atoms with Crippen molar-refractivity contribution in [3.05, 3.63) is 143 Å². The highest BCUT2D eigenvalue weighted by atomic mass is 31.1. The van der Waals surface area contributed by atoms with E-state index in [1.807, 2.05) is 0 Å². The fourth-order valence-electron chi connectivity index (χ4n) is 6.07. The number of rotatable bonds is 4. The lowest BCUT2D eigenvalue weighted by molar-refractivity contribution is 1.12. The van der Waals surface area contributed by atoms with Crippen LogP contribution in [0.1, 0.15) is 24.0 Å². The summed E-state index contributed by atoms with van der Waals surface area (Å²) in [5.41, 5.74) is 10.7. The maximum absolute atomic E-state index is 2.46. The van der Waals surface area contributed by atoms with Crippen LogP contribution < -0.4 is 10.4 Å². The molecule has 1 atom stereocenters. The lowest BCUT2D eigenvalue weighted by atomic mass is 9.84. The van der Waals surface area contributed by atoms with Gasteiger partial charge in [0.25, 0.3) is 0 Å². The Morgan fingerprint density at radius 3 is 1.66 bits per heavy atom. The van der Waals surface area contributed by atoms with Gasteiger partial charge in [-0.3, -0.25) is 0 Å². The topological polar surface area (TPSA) is 0 Å². The molecule has 182 valence electrons. The second kappa shape index (κ2) is 10.1. The molecular formula is C37H29P. The first-order chi connectivity index (χ1) is 18.9. The molecule has 38 heavy (non-hydrogen) atoms. The molecule has 1 aliphatic carbocycles. The normalized spacial score (nSPS) is 15.3. The minimum atomic E-state index is 0.830. The van der Waals surface area contributed by atoms with Crippen LogP contribution in [0.5, 0.6) is 0 Å². The summed E-state index contributed by atoms with van der Waals surface area (Å²) in [7, 11) is 0.830. The molecule has 1 unspecified atom stereocenters. The highest BCUT2D eigenvalue weighted by molar-refractivity contribution is 7.42. The Balaban J connectivity index is 1.59. The van der Waals surface area contributed by atoms with Crippen molar-refractivity contribution in [3.8, 4) is 22.3 Å². The molecule has 0 aromatic heterocycles. The van der Waals surface area contributed by atoms with Crippen LogP contribution in [0.3, 0.4) is 0 Å². The standard InChI is InChI=1S/C37H29P/c1-4-12-26(13-5-1)35-25-38-23-22-30(35)29-20-21-33-34(24-29)37(28-16-8-3-9-17-28)32-19-11-10-18-31(32)36(33)27-14-6-2-7-15-27/h1-9,12-24,38H,10-11,25H2. The summed E-state index contributed by atoms with van der Waals surface area (Å²) in [6.07, 6.45) is 10.5. The van der Waals surface area contributed by atoms with Gasteiger partial charge in [-0.2, -0.15) is 0 Å². The number of allylic oxidation sites excluding steroid dienone is 3. The average molecular weight is 505 g/mol. The Kier molecular flexibility index (Phi) is 6.12. The largest absolute Gasteiger partial charge is 0.0938 e. The molecule has 1 aliphatic heterocycles. The summed E-state index contributed by atoms with van der Waals surface area (Å²) in [4.78, 5) is 0. The van der Waals surface area contributed by atoms with E-state index >= 15 is 0 Å². The minimum Gasteiger partial charge on any atom is -0.0938 e. The van der Waals surface area contributed by atoms with Gasteiger partial charge in [0.05, 0.1) is 0 Å². The Labute approximate surface area is 226 Å². The van der Waals surface area contributed by atoms with Crippen molar-refractivity contribution in [1.82, 2.24) is 0 Å². The molecular weight excluding hydrogens is 475 g/mol. The molecule has 0 nitrogen and oxygen atoms in total. The smallest absolute Gasteiger partial charge is 0.00295 e. The van der Waals surface area contributed by atoms with E-state index in [4.69, 9.17) is 0 Å². The number of fused-ring (bicyclic) bond motifs is 2. The number of hydrogen-bond acceptors (Lipinski definition) is 0. The van der Waals surface area contributed by atoms with Crippen LogP contribution in [0.25, 0.3) is 56.3 Å². The molecule has 0 spiro atoms. The first-order valence-electron chi connectivity index (χ1n) is 13.5. The van der Waals surface area contributed by atoms with E-state index in [1.54, 1.807) is 0 Å². The van der Waals surface area contributed by atoms with Crippen LogP contribution in [0.15, 0.2) is 121 Å². The zero-order valence-electron chi connectivity index (χ0n) is 21.3. The van der Waals surface area contributed by atoms with Gasteiger partial charge in [-0.15, -0.1) is 0 Å². The minimum absolute atomic E-state index is 0.830. The van der Waals surface area contributed by atoms with Gasteiger partial charge in [-0.25, -0.2) is 0 Å². The van der Waals surface area contributed by atoms with Gasteiger partial charge in [-0.05, 0) is 90.8 Å². The highest BCUT2D eigenvalue weighted by Crippen LogP contribution is 2.40. The molecule has 1 heterocycles. The molecule has 1 heteroatoms. The van der Waals surface area contributed by atoms with Crippen molar-refractivity contribution in [1.29, 1.82) is 0 Å². The van der Waals surface area contributed by atoms with E-state index in [-0.39, 0.29) is 0 Å². The van der Waals surface area contributed by atoms with Crippen molar-refractivity contribution in [2.24, 2.45) is 0 Å². The van der Waals surface area contributed by atoms with E-state index in [0.29, 0.717) is 0 Å². The van der Waals surface area contributed by atoms with E-state index in [2.05, 4.69) is 133 Å². The zero-order chi connectivity index (χ0) is 25.3. The lowest BCUT2D eigenvalue weighted by Gasteiger charge is -2.20. The van der Waals surface area contributed by atoms with Crippen molar-refractivity contribution in [3.63, 3.8) is 0 Å². The molecule has 7 rings (SSSR count). The summed E-state index contributed by atoms with van der Waals surface area (Å²) < 4.78 is 0. The van der Waals surface area contributed by atoms with Crippen LogP contribution in [0.4, 0.5) is 0 Å². The molecule has 5 aromatic carbocycles. The molecule has 5 aromatic rings. The van der Waals surface area contributed by atoms with Gasteiger partial charge in [0, 0.05) is 0 Å². The zero-order valence-corrected chi connectivity index (χ0v) is 22.3. The first-order valence-corrected chi connectivity index (χ1v) is 14.8. The second-order valence-corrected chi connectivity index (χ2v) is 11.1. The summed E-state index contributed by atoms with van der Waals surface area (Å²) in [5.74, 6) is 2.36. The van der Waals surface area contributed by atoms with Gasteiger partial charge in [-0.1, -0.05) is 136 Å². The molecule has 0 amide bonds. The summed E-state index contributed by atoms with van der Waals surface area (Å²) in [6, 6.07) is 40.0. The number of hydrogen-bond donors (Lipinski definition) is 0. The van der Waals surface area contributed by atoms with Gasteiger partial charge in [0.15, 0.2) is 0 Å².